The van der Waals surface area contributed by atoms with Crippen molar-refractivity contribution in [2.45, 2.75) is 40.5 Å². The second-order valence-corrected chi connectivity index (χ2v) is 10.2. The van der Waals surface area contributed by atoms with E-state index in [1.165, 1.54) is 28.7 Å². The fourth-order valence-corrected chi connectivity index (χ4v) is 5.78. The van der Waals surface area contributed by atoms with Crippen LogP contribution in [-0.2, 0) is 5.75 Å². The van der Waals surface area contributed by atoms with Gasteiger partial charge in [0.25, 0.3) is 0 Å². The summed E-state index contributed by atoms with van der Waals surface area (Å²) in [5.41, 5.74) is 4.10. The summed E-state index contributed by atoms with van der Waals surface area (Å²) in [5.74, 6) is 1.81. The molecule has 0 radical (unpaired) electrons. The zero-order valence-electron chi connectivity index (χ0n) is 16.3. The fraction of sp³-hybridized carbons (Fsp3) is 0.286. The van der Waals surface area contributed by atoms with Crippen molar-refractivity contribution >= 4 is 40.6 Å². The van der Waals surface area contributed by atoms with Gasteiger partial charge in [-0.25, -0.2) is 0 Å². The Morgan fingerprint density at radius 2 is 1.82 bits per heavy atom. The predicted octanol–water partition coefficient (Wildman–Crippen LogP) is 5.82. The number of hydrogen-bond donors (Lipinski definition) is 0. The molecule has 3 aromatic rings. The number of benzene rings is 2. The molecule has 0 fully saturated rings. The number of aromatic nitrogens is 2. The van der Waals surface area contributed by atoms with Crippen LogP contribution in [-0.4, -0.2) is 28.3 Å². The molecule has 0 aliphatic heterocycles. The highest BCUT2D eigenvalue weighted by atomic mass is 32.2. The maximum absolute atomic E-state index is 12.8. The van der Waals surface area contributed by atoms with Gasteiger partial charge in [-0.05, 0) is 50.1 Å². The minimum absolute atomic E-state index is 0.133. The molecule has 0 aliphatic rings. The topological polar surface area (TPSA) is 52.1 Å². The molecular formula is C21H22N2O2S3. The zero-order valence-corrected chi connectivity index (χ0v) is 18.7. The van der Waals surface area contributed by atoms with Gasteiger partial charge in [-0.15, -0.1) is 10.2 Å². The Balaban J connectivity index is 1.58. The largest absolute Gasteiger partial charge is 0.497 e. The third-order valence-corrected chi connectivity index (χ3v) is 7.53. The minimum atomic E-state index is -0.201. The molecule has 28 heavy (non-hydrogen) atoms. The van der Waals surface area contributed by atoms with Crippen molar-refractivity contribution in [3.63, 3.8) is 0 Å². The molecule has 0 amide bonds. The number of Topliss-reactive ketones (excluding diaryl/α,β-unsaturated/α-hetero) is 1. The number of carbonyl (C=O) groups is 1. The Labute approximate surface area is 178 Å². The zero-order chi connectivity index (χ0) is 20.1. The first-order valence-corrected chi connectivity index (χ1v) is 11.5. The molecular weight excluding hydrogens is 408 g/mol. The van der Waals surface area contributed by atoms with Crippen molar-refractivity contribution in [2.24, 2.45) is 0 Å². The van der Waals surface area contributed by atoms with E-state index in [1.807, 2.05) is 63.2 Å². The van der Waals surface area contributed by atoms with Gasteiger partial charge in [-0.2, -0.15) is 0 Å². The van der Waals surface area contributed by atoms with Gasteiger partial charge < -0.3 is 4.74 Å². The molecule has 146 valence electrons. The Morgan fingerprint density at radius 1 is 1.11 bits per heavy atom. The molecule has 0 saturated heterocycles. The standard InChI is InChI=1S/C21H22N2O2S3/c1-13-5-6-14(2)18(11-13)19(24)15(3)27-21-23-22-20(28-21)26-12-16-7-9-17(25-4)10-8-16/h5-11,15H,12H2,1-4H3. The first-order chi connectivity index (χ1) is 13.5. The van der Waals surface area contributed by atoms with Gasteiger partial charge in [-0.1, -0.05) is 64.7 Å². The Morgan fingerprint density at radius 3 is 2.54 bits per heavy atom. The minimum Gasteiger partial charge on any atom is -0.497 e. The molecule has 1 aromatic heterocycles. The number of ether oxygens (including phenoxy) is 1. The third kappa shape index (κ3) is 5.37. The summed E-state index contributed by atoms with van der Waals surface area (Å²) in [7, 11) is 1.66. The number of ketones is 1. The van der Waals surface area contributed by atoms with Crippen LogP contribution in [0.4, 0.5) is 0 Å². The number of methoxy groups -OCH3 is 1. The molecule has 2 aromatic carbocycles. The summed E-state index contributed by atoms with van der Waals surface area (Å²) in [6.45, 7) is 5.91. The summed E-state index contributed by atoms with van der Waals surface area (Å²) < 4.78 is 6.91. The second kappa shape index (κ2) is 9.58. The number of aryl methyl sites for hydroxylation is 2. The van der Waals surface area contributed by atoms with Crippen molar-refractivity contribution in [3.8, 4) is 5.75 Å². The van der Waals surface area contributed by atoms with E-state index in [4.69, 9.17) is 4.74 Å². The Bertz CT molecular complexity index is 955. The van der Waals surface area contributed by atoms with Crippen LogP contribution in [0.25, 0.3) is 0 Å². The number of rotatable bonds is 8. The summed E-state index contributed by atoms with van der Waals surface area (Å²) >= 11 is 4.66. The van der Waals surface area contributed by atoms with Gasteiger partial charge in [0, 0.05) is 11.3 Å². The summed E-state index contributed by atoms with van der Waals surface area (Å²) in [5, 5.41) is 8.31. The molecule has 3 rings (SSSR count). The van der Waals surface area contributed by atoms with Crippen LogP contribution < -0.4 is 4.74 Å². The normalized spacial score (nSPS) is 12.0. The van der Waals surface area contributed by atoms with Crippen LogP contribution in [0.2, 0.25) is 0 Å². The van der Waals surface area contributed by atoms with Crippen LogP contribution >= 0.6 is 34.9 Å². The molecule has 0 aliphatic carbocycles. The first kappa shape index (κ1) is 20.9. The Hall–Kier alpha value is -1.83. The van der Waals surface area contributed by atoms with Crippen molar-refractivity contribution in [1.29, 1.82) is 0 Å². The highest BCUT2D eigenvalue weighted by Crippen LogP contribution is 2.34. The van der Waals surface area contributed by atoms with Crippen molar-refractivity contribution in [2.75, 3.05) is 7.11 Å². The van der Waals surface area contributed by atoms with Crippen LogP contribution in [0.3, 0.4) is 0 Å². The van der Waals surface area contributed by atoms with Gasteiger partial charge >= 0.3 is 0 Å². The van der Waals surface area contributed by atoms with Crippen LogP contribution in [0.15, 0.2) is 51.1 Å². The molecule has 0 N–H and O–H groups in total. The van der Waals surface area contributed by atoms with Crippen molar-refractivity contribution in [3.05, 3.63) is 64.7 Å². The average molecular weight is 431 g/mol. The average Bonchev–Trinajstić information content (AvgIpc) is 3.15. The number of hydrogen-bond acceptors (Lipinski definition) is 7. The van der Waals surface area contributed by atoms with Gasteiger partial charge in [0.1, 0.15) is 5.75 Å². The predicted molar refractivity (Wildman–Crippen MR) is 118 cm³/mol. The number of carbonyl (C=O) groups excluding carboxylic acids is 1. The van der Waals surface area contributed by atoms with E-state index in [9.17, 15) is 4.79 Å². The molecule has 1 unspecified atom stereocenters. The van der Waals surface area contributed by atoms with Gasteiger partial charge in [0.05, 0.1) is 12.4 Å². The van der Waals surface area contributed by atoms with Gasteiger partial charge in [0.15, 0.2) is 14.5 Å². The lowest BCUT2D eigenvalue weighted by Gasteiger charge is -2.11. The highest BCUT2D eigenvalue weighted by Gasteiger charge is 2.20. The summed E-state index contributed by atoms with van der Waals surface area (Å²) in [4.78, 5) is 12.8. The van der Waals surface area contributed by atoms with Gasteiger partial charge in [-0.3, -0.25) is 4.79 Å². The maximum atomic E-state index is 12.8. The highest BCUT2D eigenvalue weighted by molar-refractivity contribution is 8.03. The lowest BCUT2D eigenvalue weighted by Crippen LogP contribution is -2.15. The summed E-state index contributed by atoms with van der Waals surface area (Å²) in [6, 6.07) is 14.0. The number of nitrogens with zero attached hydrogens (tertiary/aromatic N) is 2. The smallest absolute Gasteiger partial charge is 0.176 e. The van der Waals surface area contributed by atoms with E-state index < -0.39 is 0 Å². The molecule has 4 nitrogen and oxygen atoms in total. The molecule has 1 heterocycles. The molecule has 1 atom stereocenters. The quantitative estimate of drug-likeness (QED) is 0.331. The van der Waals surface area contributed by atoms with Crippen LogP contribution in [0.1, 0.15) is 34.0 Å². The van der Waals surface area contributed by atoms with E-state index >= 15 is 0 Å². The van der Waals surface area contributed by atoms with Crippen molar-refractivity contribution in [1.82, 2.24) is 10.2 Å². The van der Waals surface area contributed by atoms with Crippen molar-refractivity contribution < 1.29 is 9.53 Å². The van der Waals surface area contributed by atoms with E-state index in [0.29, 0.717) is 0 Å². The third-order valence-electron chi connectivity index (χ3n) is 4.21. The molecule has 0 saturated carbocycles. The van der Waals surface area contributed by atoms with Crippen LogP contribution in [0.5, 0.6) is 5.75 Å². The molecule has 0 bridgehead atoms. The first-order valence-electron chi connectivity index (χ1n) is 8.83. The summed E-state index contributed by atoms with van der Waals surface area (Å²) in [6.07, 6.45) is 0. The van der Waals surface area contributed by atoms with E-state index in [1.54, 1.807) is 18.9 Å². The lowest BCUT2D eigenvalue weighted by atomic mass is 10.0. The van der Waals surface area contributed by atoms with E-state index in [-0.39, 0.29) is 11.0 Å². The second-order valence-electron chi connectivity index (χ2n) is 6.41. The monoisotopic (exact) mass is 430 g/mol. The maximum Gasteiger partial charge on any atom is 0.176 e. The molecule has 7 heteroatoms. The fourth-order valence-electron chi connectivity index (χ4n) is 2.59. The van der Waals surface area contributed by atoms with E-state index in [2.05, 4.69) is 10.2 Å². The molecule has 0 spiro atoms. The van der Waals surface area contributed by atoms with Gasteiger partial charge in [0.2, 0.25) is 0 Å². The van der Waals surface area contributed by atoms with E-state index in [0.717, 1.165) is 36.9 Å². The Kier molecular flexibility index (Phi) is 7.15. The van der Waals surface area contributed by atoms with Crippen LogP contribution in [0, 0.1) is 13.8 Å². The SMILES string of the molecule is COc1ccc(CSc2nnc(SC(C)C(=O)c3cc(C)ccc3C)s2)cc1. The number of thioether (sulfide) groups is 2. The lowest BCUT2D eigenvalue weighted by molar-refractivity contribution is 0.0993.